The molecule has 10 nitrogen and oxygen atoms in total. The maximum Gasteiger partial charge on any atom is 0.415 e. The topological polar surface area (TPSA) is 113 Å². The Balaban J connectivity index is 1.24. The Morgan fingerprint density at radius 2 is 1.79 bits per heavy atom. The summed E-state index contributed by atoms with van der Waals surface area (Å²) in [6, 6.07) is 14.7. The molecule has 3 fully saturated rings. The second-order valence-corrected chi connectivity index (χ2v) is 9.94. The van der Waals surface area contributed by atoms with Crippen molar-refractivity contribution in [2.45, 2.75) is 50.7 Å². The highest BCUT2D eigenvalue weighted by molar-refractivity contribution is 6.25. The highest BCUT2D eigenvalue weighted by Crippen LogP contribution is 2.44. The molecule has 3 heterocycles. The van der Waals surface area contributed by atoms with Gasteiger partial charge in [-0.3, -0.25) is 14.9 Å². The molecule has 3 aliphatic rings. The molecule has 0 spiro atoms. The summed E-state index contributed by atoms with van der Waals surface area (Å²) >= 11 is 0. The van der Waals surface area contributed by atoms with Gasteiger partial charge < -0.3 is 14.5 Å². The van der Waals surface area contributed by atoms with E-state index in [0.717, 1.165) is 24.2 Å². The molecular formula is C28H26N4O6. The van der Waals surface area contributed by atoms with Gasteiger partial charge in [-0.1, -0.05) is 43.7 Å². The van der Waals surface area contributed by atoms with Crippen LogP contribution in [0.3, 0.4) is 0 Å². The zero-order chi connectivity index (χ0) is 26.6. The zero-order valence-electron chi connectivity index (χ0n) is 20.8. The monoisotopic (exact) mass is 514 g/mol. The number of anilines is 1. The maximum absolute atomic E-state index is 13.7. The van der Waals surface area contributed by atoms with Crippen LogP contribution in [0.15, 0.2) is 60.7 Å². The van der Waals surface area contributed by atoms with Crippen LogP contribution in [0.5, 0.6) is 5.75 Å². The van der Waals surface area contributed by atoms with Gasteiger partial charge >= 0.3 is 12.1 Å². The van der Waals surface area contributed by atoms with Gasteiger partial charge in [-0.15, -0.1) is 0 Å². The second kappa shape index (κ2) is 9.13. The standard InChI is InChI=1S/C28H26N4O6/c1-2-3-6-17-9-11-19(12-10-17)38-28(35)29-16-18-15-24(29)25-26(33)31(27(34)30(18)25)22-13-14-23(32(36)37)21-8-5-4-7-20(21)22/h4-5,7-14,18,24-25H,2-3,6,15-16H2,1H3/t18-,24-,25+/m0/s1. The number of hydrogen-bond acceptors (Lipinski definition) is 6. The first-order valence-electron chi connectivity index (χ1n) is 12.8. The number of nitro benzene ring substituents is 1. The fourth-order valence-corrected chi connectivity index (χ4v) is 5.97. The molecule has 4 amide bonds. The predicted octanol–water partition coefficient (Wildman–Crippen LogP) is 4.88. The molecule has 3 saturated heterocycles. The minimum atomic E-state index is -0.820. The molecule has 0 radical (unpaired) electrons. The number of amides is 4. The van der Waals surface area contributed by atoms with Crippen molar-refractivity contribution in [3.8, 4) is 5.75 Å². The molecule has 0 N–H and O–H groups in total. The summed E-state index contributed by atoms with van der Waals surface area (Å²) in [5.74, 6) is -0.0121. The number of carbonyl (C=O) groups excluding carboxylic acids is 3. The fraction of sp³-hybridized carbons (Fsp3) is 0.321. The number of likely N-dealkylation sites (tertiary alicyclic amines) is 1. The van der Waals surface area contributed by atoms with E-state index in [1.807, 2.05) is 12.1 Å². The third-order valence-electron chi connectivity index (χ3n) is 7.76. The maximum atomic E-state index is 13.7. The number of fused-ring (bicyclic) bond motifs is 6. The number of unbranched alkanes of at least 4 members (excludes halogenated alkanes) is 1. The van der Waals surface area contributed by atoms with Gasteiger partial charge in [0.25, 0.3) is 11.6 Å². The zero-order valence-corrected chi connectivity index (χ0v) is 20.8. The van der Waals surface area contributed by atoms with Crippen LogP contribution in [0, 0.1) is 10.1 Å². The molecule has 38 heavy (non-hydrogen) atoms. The van der Waals surface area contributed by atoms with Gasteiger partial charge in [0.15, 0.2) is 0 Å². The Morgan fingerprint density at radius 1 is 1.05 bits per heavy atom. The van der Waals surface area contributed by atoms with Crippen molar-refractivity contribution in [1.82, 2.24) is 9.80 Å². The number of urea groups is 1. The van der Waals surface area contributed by atoms with Crippen molar-refractivity contribution in [3.63, 3.8) is 0 Å². The number of nitrogens with zero attached hydrogens (tertiary/aromatic N) is 4. The number of piperazine rings is 1. The summed E-state index contributed by atoms with van der Waals surface area (Å²) in [7, 11) is 0. The van der Waals surface area contributed by atoms with Crippen molar-refractivity contribution in [2.24, 2.45) is 0 Å². The molecule has 0 saturated carbocycles. The summed E-state index contributed by atoms with van der Waals surface area (Å²) < 4.78 is 5.62. The Kier molecular flexibility index (Phi) is 5.74. The molecule has 3 aliphatic heterocycles. The molecule has 3 aromatic rings. The fourth-order valence-electron chi connectivity index (χ4n) is 5.97. The number of hydrogen-bond donors (Lipinski definition) is 0. The van der Waals surface area contributed by atoms with Crippen LogP contribution in [0.4, 0.5) is 21.0 Å². The van der Waals surface area contributed by atoms with Crippen molar-refractivity contribution in [3.05, 3.63) is 76.3 Å². The molecule has 0 aliphatic carbocycles. The van der Waals surface area contributed by atoms with E-state index in [-0.39, 0.29) is 18.3 Å². The first-order valence-corrected chi connectivity index (χ1v) is 12.8. The number of carbonyl (C=O) groups is 3. The van der Waals surface area contributed by atoms with Gasteiger partial charge in [-0.2, -0.15) is 0 Å². The normalized spacial score (nSPS) is 21.9. The summed E-state index contributed by atoms with van der Waals surface area (Å²) in [4.78, 5) is 55.4. The lowest BCUT2D eigenvalue weighted by Crippen LogP contribution is -2.55. The first kappa shape index (κ1) is 23.9. The predicted molar refractivity (Wildman–Crippen MR) is 139 cm³/mol. The first-order chi connectivity index (χ1) is 18.4. The van der Waals surface area contributed by atoms with Crippen LogP contribution in [-0.2, 0) is 11.2 Å². The van der Waals surface area contributed by atoms with Crippen LogP contribution in [0.1, 0.15) is 31.7 Å². The minimum Gasteiger partial charge on any atom is -0.410 e. The van der Waals surface area contributed by atoms with Crippen molar-refractivity contribution in [1.29, 1.82) is 0 Å². The van der Waals surface area contributed by atoms with Crippen LogP contribution in [0.25, 0.3) is 10.8 Å². The average molecular weight is 515 g/mol. The summed E-state index contributed by atoms with van der Waals surface area (Å²) in [5, 5.41) is 12.3. The summed E-state index contributed by atoms with van der Waals surface area (Å²) in [5.41, 5.74) is 1.38. The molecule has 0 aromatic heterocycles. The lowest BCUT2D eigenvalue weighted by Gasteiger charge is -2.34. The molecule has 194 valence electrons. The smallest absolute Gasteiger partial charge is 0.410 e. The second-order valence-electron chi connectivity index (χ2n) is 9.94. The minimum absolute atomic E-state index is 0.101. The van der Waals surface area contributed by atoms with Gasteiger partial charge in [0.1, 0.15) is 11.8 Å². The van der Waals surface area contributed by atoms with E-state index >= 15 is 0 Å². The van der Waals surface area contributed by atoms with E-state index < -0.39 is 35.0 Å². The van der Waals surface area contributed by atoms with Gasteiger partial charge in [-0.05, 0) is 49.1 Å². The SMILES string of the molecule is CCCCc1ccc(OC(=O)N2C[C@@H]3C[C@H]2[C@@H]2C(=O)N(c4ccc([N+](=O)[O-])c5ccccc45)C(=O)N32)cc1. The Labute approximate surface area is 218 Å². The molecule has 6 rings (SSSR count). The van der Waals surface area contributed by atoms with Gasteiger partial charge in [0.2, 0.25) is 0 Å². The Morgan fingerprint density at radius 3 is 2.50 bits per heavy atom. The van der Waals surface area contributed by atoms with Crippen LogP contribution >= 0.6 is 0 Å². The van der Waals surface area contributed by atoms with Gasteiger partial charge in [0, 0.05) is 18.0 Å². The quantitative estimate of drug-likeness (QED) is 0.263. The Bertz CT molecular complexity index is 1470. The number of aryl methyl sites for hydroxylation is 1. The molecule has 3 aromatic carbocycles. The van der Waals surface area contributed by atoms with Gasteiger partial charge in [-0.25, -0.2) is 14.5 Å². The lowest BCUT2D eigenvalue weighted by atomic mass is 10.0. The van der Waals surface area contributed by atoms with Crippen LogP contribution in [-0.4, -0.2) is 57.4 Å². The molecule has 2 bridgehead atoms. The summed E-state index contributed by atoms with van der Waals surface area (Å²) in [6.07, 6.45) is 3.12. The van der Waals surface area contributed by atoms with E-state index in [1.54, 1.807) is 46.2 Å². The number of imide groups is 1. The third kappa shape index (κ3) is 3.67. The highest BCUT2D eigenvalue weighted by atomic mass is 16.6. The number of nitro groups is 1. The number of ether oxygens (including phenoxy) is 1. The number of non-ortho nitro benzene ring substituents is 1. The average Bonchev–Trinajstić information content (AvgIpc) is 3.59. The Hall–Kier alpha value is -4.47. The molecule has 10 heteroatoms. The van der Waals surface area contributed by atoms with Crippen molar-refractivity contribution < 1.29 is 24.0 Å². The van der Waals surface area contributed by atoms with E-state index in [0.29, 0.717) is 28.6 Å². The molecule has 3 atom stereocenters. The van der Waals surface area contributed by atoms with E-state index in [2.05, 4.69) is 6.92 Å². The number of rotatable bonds is 6. The molecular weight excluding hydrogens is 488 g/mol. The third-order valence-corrected chi connectivity index (χ3v) is 7.76. The number of benzene rings is 3. The van der Waals surface area contributed by atoms with Crippen LogP contribution < -0.4 is 9.64 Å². The van der Waals surface area contributed by atoms with Gasteiger partial charge in [0.05, 0.1) is 28.1 Å². The van der Waals surface area contributed by atoms with E-state index in [4.69, 9.17) is 4.74 Å². The summed E-state index contributed by atoms with van der Waals surface area (Å²) in [6.45, 7) is 2.42. The largest absolute Gasteiger partial charge is 0.415 e. The van der Waals surface area contributed by atoms with Crippen molar-refractivity contribution in [2.75, 3.05) is 11.4 Å². The molecule has 0 unspecified atom stereocenters. The highest BCUT2D eigenvalue weighted by Gasteiger charge is 2.63. The van der Waals surface area contributed by atoms with Crippen molar-refractivity contribution >= 4 is 40.2 Å². The van der Waals surface area contributed by atoms with E-state index in [9.17, 15) is 24.5 Å². The lowest BCUT2D eigenvalue weighted by molar-refractivity contribution is -0.383. The van der Waals surface area contributed by atoms with E-state index in [1.165, 1.54) is 17.7 Å². The van der Waals surface area contributed by atoms with Crippen LogP contribution in [0.2, 0.25) is 0 Å².